The van der Waals surface area contributed by atoms with Crippen molar-refractivity contribution in [3.05, 3.63) is 18.2 Å². The second-order valence-electron chi connectivity index (χ2n) is 2.85. The van der Waals surface area contributed by atoms with E-state index in [0.29, 0.717) is 12.4 Å². The van der Waals surface area contributed by atoms with Gasteiger partial charge in [-0.15, -0.1) is 0 Å². The molecule has 1 aromatic heterocycles. The lowest BCUT2D eigenvalue weighted by atomic mass is 10.2. The second kappa shape index (κ2) is 3.38. The van der Waals surface area contributed by atoms with Crippen LogP contribution in [0, 0.1) is 0 Å². The minimum absolute atomic E-state index is 0.160. The standard InChI is InChI=1S/C10H10O3S/c1-2-13-9-7-4-3-6(11)5-8(7)14-10(9)12/h3-5,11-12H,2H2,1H3. The Balaban J connectivity index is 2.64. The molecule has 0 bridgehead atoms. The Morgan fingerprint density at radius 1 is 1.36 bits per heavy atom. The highest BCUT2D eigenvalue weighted by Crippen LogP contribution is 2.44. The van der Waals surface area contributed by atoms with Gasteiger partial charge in [0, 0.05) is 10.1 Å². The molecule has 0 radical (unpaired) electrons. The first kappa shape index (κ1) is 9.15. The summed E-state index contributed by atoms with van der Waals surface area (Å²) >= 11 is 1.20. The Hall–Kier alpha value is -1.42. The molecule has 2 rings (SSSR count). The van der Waals surface area contributed by atoms with Gasteiger partial charge >= 0.3 is 0 Å². The molecule has 0 fully saturated rings. The molecule has 2 N–H and O–H groups in total. The monoisotopic (exact) mass is 210 g/mol. The Bertz CT molecular complexity index is 462. The molecular formula is C10H10O3S. The third-order valence-corrected chi connectivity index (χ3v) is 2.84. The lowest BCUT2D eigenvalue weighted by Gasteiger charge is -2.00. The van der Waals surface area contributed by atoms with Gasteiger partial charge in [-0.05, 0) is 25.1 Å². The summed E-state index contributed by atoms with van der Waals surface area (Å²) in [5.41, 5.74) is 0. The molecule has 0 saturated heterocycles. The van der Waals surface area contributed by atoms with Crippen LogP contribution in [0.1, 0.15) is 6.92 Å². The quantitative estimate of drug-likeness (QED) is 0.801. The zero-order valence-electron chi connectivity index (χ0n) is 7.65. The molecule has 0 atom stereocenters. The van der Waals surface area contributed by atoms with Crippen LogP contribution in [0.4, 0.5) is 0 Å². The summed E-state index contributed by atoms with van der Waals surface area (Å²) in [6.45, 7) is 2.38. The van der Waals surface area contributed by atoms with Crippen molar-refractivity contribution < 1.29 is 14.9 Å². The number of benzene rings is 1. The van der Waals surface area contributed by atoms with Crippen LogP contribution >= 0.6 is 11.3 Å². The third kappa shape index (κ3) is 1.37. The van der Waals surface area contributed by atoms with E-state index in [1.807, 2.05) is 6.92 Å². The molecule has 0 saturated carbocycles. The van der Waals surface area contributed by atoms with Gasteiger partial charge < -0.3 is 14.9 Å². The first-order chi connectivity index (χ1) is 6.72. The Morgan fingerprint density at radius 2 is 2.14 bits per heavy atom. The highest BCUT2D eigenvalue weighted by molar-refractivity contribution is 7.21. The number of rotatable bonds is 2. The van der Waals surface area contributed by atoms with Crippen molar-refractivity contribution in [2.24, 2.45) is 0 Å². The predicted molar refractivity (Wildman–Crippen MR) is 56.3 cm³/mol. The molecule has 0 aliphatic heterocycles. The molecule has 1 aromatic carbocycles. The van der Waals surface area contributed by atoms with Gasteiger partial charge in [-0.3, -0.25) is 0 Å². The van der Waals surface area contributed by atoms with E-state index in [4.69, 9.17) is 4.74 Å². The number of hydrogen-bond donors (Lipinski definition) is 2. The van der Waals surface area contributed by atoms with Crippen molar-refractivity contribution in [3.8, 4) is 16.6 Å². The molecule has 3 nitrogen and oxygen atoms in total. The van der Waals surface area contributed by atoms with Gasteiger partial charge in [-0.2, -0.15) is 0 Å². The number of aromatic hydroxyl groups is 2. The fourth-order valence-corrected chi connectivity index (χ4v) is 2.25. The maximum Gasteiger partial charge on any atom is 0.215 e. The Morgan fingerprint density at radius 3 is 2.86 bits per heavy atom. The van der Waals surface area contributed by atoms with Crippen LogP contribution < -0.4 is 4.74 Å². The van der Waals surface area contributed by atoms with Crippen LogP contribution in [0.5, 0.6) is 16.6 Å². The van der Waals surface area contributed by atoms with Crippen molar-refractivity contribution in [2.75, 3.05) is 6.61 Å². The van der Waals surface area contributed by atoms with Crippen LogP contribution in [-0.2, 0) is 0 Å². The average molecular weight is 210 g/mol. The first-order valence-corrected chi connectivity index (χ1v) is 5.11. The Kier molecular flexibility index (Phi) is 2.21. The van der Waals surface area contributed by atoms with E-state index in [-0.39, 0.29) is 10.8 Å². The predicted octanol–water partition coefficient (Wildman–Crippen LogP) is 2.71. The number of phenols is 1. The zero-order valence-corrected chi connectivity index (χ0v) is 8.47. The molecular weight excluding hydrogens is 200 g/mol. The number of ether oxygens (including phenoxy) is 1. The van der Waals surface area contributed by atoms with Crippen LogP contribution in [0.15, 0.2) is 18.2 Å². The van der Waals surface area contributed by atoms with E-state index in [9.17, 15) is 10.2 Å². The van der Waals surface area contributed by atoms with E-state index in [1.54, 1.807) is 18.2 Å². The number of fused-ring (bicyclic) bond motifs is 1. The molecule has 0 amide bonds. The Labute approximate surface area is 85.2 Å². The van der Waals surface area contributed by atoms with Gasteiger partial charge in [0.15, 0.2) is 5.75 Å². The zero-order chi connectivity index (χ0) is 10.1. The van der Waals surface area contributed by atoms with E-state index in [1.165, 1.54) is 11.3 Å². The number of hydrogen-bond acceptors (Lipinski definition) is 4. The van der Waals surface area contributed by atoms with Gasteiger partial charge in [0.05, 0.1) is 6.61 Å². The first-order valence-electron chi connectivity index (χ1n) is 4.29. The van der Waals surface area contributed by atoms with Gasteiger partial charge in [-0.1, -0.05) is 11.3 Å². The van der Waals surface area contributed by atoms with Crippen molar-refractivity contribution in [2.45, 2.75) is 6.92 Å². The maximum atomic E-state index is 9.57. The molecule has 1 heterocycles. The lowest BCUT2D eigenvalue weighted by Crippen LogP contribution is -1.89. The highest BCUT2D eigenvalue weighted by Gasteiger charge is 2.12. The second-order valence-corrected chi connectivity index (χ2v) is 3.88. The summed E-state index contributed by atoms with van der Waals surface area (Å²) in [5, 5.41) is 19.8. The van der Waals surface area contributed by atoms with Gasteiger partial charge in [0.2, 0.25) is 5.06 Å². The SMILES string of the molecule is CCOc1c(O)sc2cc(O)ccc12. The maximum absolute atomic E-state index is 9.57. The van der Waals surface area contributed by atoms with Gasteiger partial charge in [0.25, 0.3) is 0 Å². The van der Waals surface area contributed by atoms with Crippen LogP contribution in [0.25, 0.3) is 10.1 Å². The summed E-state index contributed by atoms with van der Waals surface area (Å²) in [6.07, 6.45) is 0. The van der Waals surface area contributed by atoms with Crippen molar-refractivity contribution in [1.29, 1.82) is 0 Å². The van der Waals surface area contributed by atoms with Gasteiger partial charge in [-0.25, -0.2) is 0 Å². The van der Waals surface area contributed by atoms with Crippen molar-refractivity contribution in [1.82, 2.24) is 0 Å². The van der Waals surface area contributed by atoms with E-state index in [2.05, 4.69) is 0 Å². The highest BCUT2D eigenvalue weighted by atomic mass is 32.1. The van der Waals surface area contributed by atoms with Crippen molar-refractivity contribution in [3.63, 3.8) is 0 Å². The normalized spacial score (nSPS) is 10.6. The van der Waals surface area contributed by atoms with Gasteiger partial charge in [0.1, 0.15) is 5.75 Å². The summed E-state index contributed by atoms with van der Waals surface area (Å²) in [7, 11) is 0. The van der Waals surface area contributed by atoms with E-state index in [0.717, 1.165) is 10.1 Å². The molecule has 74 valence electrons. The summed E-state index contributed by atoms with van der Waals surface area (Å²) in [4.78, 5) is 0. The third-order valence-electron chi connectivity index (χ3n) is 1.90. The average Bonchev–Trinajstić information content (AvgIpc) is 2.43. The summed E-state index contributed by atoms with van der Waals surface area (Å²) in [6, 6.07) is 4.94. The lowest BCUT2D eigenvalue weighted by molar-refractivity contribution is 0.326. The molecule has 0 aliphatic carbocycles. The van der Waals surface area contributed by atoms with E-state index < -0.39 is 0 Å². The molecule has 0 spiro atoms. The smallest absolute Gasteiger partial charge is 0.215 e. The molecule has 4 heteroatoms. The summed E-state index contributed by atoms with van der Waals surface area (Å²) < 4.78 is 6.13. The van der Waals surface area contributed by atoms with Crippen LogP contribution in [-0.4, -0.2) is 16.8 Å². The molecule has 0 unspecified atom stereocenters. The minimum Gasteiger partial charge on any atom is -0.508 e. The minimum atomic E-state index is 0.160. The van der Waals surface area contributed by atoms with Crippen LogP contribution in [0.2, 0.25) is 0 Å². The molecule has 2 aromatic rings. The van der Waals surface area contributed by atoms with E-state index >= 15 is 0 Å². The summed E-state index contributed by atoms with van der Waals surface area (Å²) in [5.74, 6) is 0.703. The molecule has 14 heavy (non-hydrogen) atoms. The van der Waals surface area contributed by atoms with Crippen LogP contribution in [0.3, 0.4) is 0 Å². The number of phenolic OH excluding ortho intramolecular Hbond substituents is 1. The molecule has 0 aliphatic rings. The van der Waals surface area contributed by atoms with Crippen molar-refractivity contribution >= 4 is 21.4 Å². The fraction of sp³-hybridized carbons (Fsp3) is 0.200. The largest absolute Gasteiger partial charge is 0.508 e. The topological polar surface area (TPSA) is 49.7 Å². The number of thiophene rings is 1. The fourth-order valence-electron chi connectivity index (χ4n) is 1.33.